The molecule has 0 radical (unpaired) electrons. The number of nitrogens with one attached hydrogen (secondary N) is 1. The van der Waals surface area contributed by atoms with Crippen molar-refractivity contribution in [2.45, 2.75) is 25.7 Å². The molecule has 1 heterocycles. The molecule has 0 saturated heterocycles. The third-order valence-electron chi connectivity index (χ3n) is 2.90. The Bertz CT molecular complexity index is 403. The first-order valence-corrected chi connectivity index (χ1v) is 6.23. The van der Waals surface area contributed by atoms with E-state index in [1.165, 1.54) is 4.90 Å². The van der Waals surface area contributed by atoms with Gasteiger partial charge in [-0.15, -0.1) is 0 Å². The van der Waals surface area contributed by atoms with Gasteiger partial charge in [0.15, 0.2) is 0 Å². The number of hydrogen-bond donors (Lipinski definition) is 2. The molecule has 1 aromatic rings. The van der Waals surface area contributed by atoms with Crippen molar-refractivity contribution in [3.63, 3.8) is 0 Å². The van der Waals surface area contributed by atoms with Crippen molar-refractivity contribution < 1.29 is 9.90 Å². The Labute approximate surface area is 106 Å². The van der Waals surface area contributed by atoms with Gasteiger partial charge in [-0.05, 0) is 19.8 Å². The average Bonchev–Trinajstić information content (AvgIpc) is 3.21. The molecule has 0 atom stereocenters. The summed E-state index contributed by atoms with van der Waals surface area (Å²) in [6.45, 7) is 2.69. The van der Waals surface area contributed by atoms with Gasteiger partial charge >= 0.3 is 6.03 Å². The molecule has 6 nitrogen and oxygen atoms in total. The van der Waals surface area contributed by atoms with E-state index in [2.05, 4.69) is 15.3 Å². The molecular weight excluding hydrogens is 232 g/mol. The van der Waals surface area contributed by atoms with Crippen molar-refractivity contribution in [1.29, 1.82) is 0 Å². The van der Waals surface area contributed by atoms with Crippen molar-refractivity contribution in [1.82, 2.24) is 14.9 Å². The Hall–Kier alpha value is -1.69. The summed E-state index contributed by atoms with van der Waals surface area (Å²) >= 11 is 0. The molecular formula is C12H18N4O2. The van der Waals surface area contributed by atoms with E-state index in [9.17, 15) is 4.79 Å². The molecule has 0 spiro atoms. The molecule has 0 unspecified atom stereocenters. The Morgan fingerprint density at radius 1 is 1.50 bits per heavy atom. The van der Waals surface area contributed by atoms with Crippen LogP contribution in [0.15, 0.2) is 12.4 Å². The second-order valence-corrected chi connectivity index (χ2v) is 4.34. The molecule has 0 aromatic carbocycles. The monoisotopic (exact) mass is 250 g/mol. The third-order valence-corrected chi connectivity index (χ3v) is 2.90. The second-order valence-electron chi connectivity index (χ2n) is 4.34. The third kappa shape index (κ3) is 3.16. The van der Waals surface area contributed by atoms with Gasteiger partial charge in [-0.25, -0.2) is 14.8 Å². The SMILES string of the molecule is CCN(CCO)C(=O)Nc1cnc(C2CC2)nc1. The molecule has 18 heavy (non-hydrogen) atoms. The predicted octanol–water partition coefficient (Wildman–Crippen LogP) is 1.20. The molecule has 1 aliphatic rings. The second kappa shape index (κ2) is 5.77. The zero-order chi connectivity index (χ0) is 13.0. The zero-order valence-corrected chi connectivity index (χ0v) is 10.5. The van der Waals surface area contributed by atoms with Crippen LogP contribution in [-0.4, -0.2) is 45.7 Å². The van der Waals surface area contributed by atoms with Gasteiger partial charge in [-0.3, -0.25) is 0 Å². The quantitative estimate of drug-likeness (QED) is 0.823. The minimum Gasteiger partial charge on any atom is -0.395 e. The van der Waals surface area contributed by atoms with Crippen LogP contribution in [-0.2, 0) is 0 Å². The molecule has 6 heteroatoms. The maximum absolute atomic E-state index is 11.8. The molecule has 2 amide bonds. The highest BCUT2D eigenvalue weighted by Gasteiger charge is 2.26. The Morgan fingerprint density at radius 2 is 2.17 bits per heavy atom. The number of rotatable bonds is 5. The van der Waals surface area contributed by atoms with Crippen LogP contribution >= 0.6 is 0 Å². The number of hydrogen-bond acceptors (Lipinski definition) is 4. The minimum absolute atomic E-state index is 0.0433. The molecule has 0 aliphatic heterocycles. The Morgan fingerprint density at radius 3 is 2.67 bits per heavy atom. The van der Waals surface area contributed by atoms with Crippen LogP contribution in [0.4, 0.5) is 10.5 Å². The molecule has 98 valence electrons. The molecule has 1 aliphatic carbocycles. The highest BCUT2D eigenvalue weighted by atomic mass is 16.3. The summed E-state index contributed by atoms with van der Waals surface area (Å²) in [7, 11) is 0. The predicted molar refractivity (Wildman–Crippen MR) is 67.4 cm³/mol. The fourth-order valence-corrected chi connectivity index (χ4v) is 1.68. The summed E-state index contributed by atoms with van der Waals surface area (Å²) < 4.78 is 0. The number of likely N-dealkylation sites (N-methyl/N-ethyl adjacent to an activating group) is 1. The van der Waals surface area contributed by atoms with Crippen molar-refractivity contribution in [2.24, 2.45) is 0 Å². The Balaban J connectivity index is 1.93. The molecule has 0 bridgehead atoms. The average molecular weight is 250 g/mol. The molecule has 2 rings (SSSR count). The van der Waals surface area contributed by atoms with E-state index < -0.39 is 0 Å². The number of aliphatic hydroxyl groups is 1. The van der Waals surface area contributed by atoms with E-state index in [1.807, 2.05) is 6.92 Å². The van der Waals surface area contributed by atoms with E-state index in [0.29, 0.717) is 24.7 Å². The number of carbonyl (C=O) groups is 1. The number of carbonyl (C=O) groups excluding carboxylic acids is 1. The Kier molecular flexibility index (Phi) is 4.09. The van der Waals surface area contributed by atoms with Gasteiger partial charge in [0, 0.05) is 19.0 Å². The van der Waals surface area contributed by atoms with E-state index in [1.54, 1.807) is 12.4 Å². The molecule has 1 fully saturated rings. The summed E-state index contributed by atoms with van der Waals surface area (Å²) in [5.74, 6) is 1.37. The molecule has 2 N–H and O–H groups in total. The van der Waals surface area contributed by atoms with E-state index in [0.717, 1.165) is 18.7 Å². The number of aromatic nitrogens is 2. The maximum Gasteiger partial charge on any atom is 0.322 e. The fourth-order valence-electron chi connectivity index (χ4n) is 1.68. The van der Waals surface area contributed by atoms with E-state index in [-0.39, 0.29) is 12.6 Å². The largest absolute Gasteiger partial charge is 0.395 e. The van der Waals surface area contributed by atoms with Crippen molar-refractivity contribution >= 4 is 11.7 Å². The van der Waals surface area contributed by atoms with Crippen LogP contribution in [0.3, 0.4) is 0 Å². The van der Waals surface area contributed by atoms with Crippen LogP contribution in [0.5, 0.6) is 0 Å². The van der Waals surface area contributed by atoms with Gasteiger partial charge in [0.1, 0.15) is 5.82 Å². The molecule has 1 saturated carbocycles. The van der Waals surface area contributed by atoms with Crippen LogP contribution in [0, 0.1) is 0 Å². The highest BCUT2D eigenvalue weighted by Crippen LogP contribution is 2.37. The van der Waals surface area contributed by atoms with Crippen molar-refractivity contribution in [2.75, 3.05) is 25.0 Å². The first kappa shape index (κ1) is 12.8. The standard InChI is InChI=1S/C12H18N4O2/c1-2-16(5-6-17)12(18)15-10-7-13-11(14-8-10)9-3-4-9/h7-9,17H,2-6H2,1H3,(H,15,18). The first-order chi connectivity index (χ1) is 8.74. The normalized spacial score (nSPS) is 14.3. The summed E-state index contributed by atoms with van der Waals surface area (Å²) in [5, 5.41) is 11.6. The van der Waals surface area contributed by atoms with E-state index in [4.69, 9.17) is 5.11 Å². The van der Waals surface area contributed by atoms with Gasteiger partial charge < -0.3 is 15.3 Å². The lowest BCUT2D eigenvalue weighted by Crippen LogP contribution is -2.36. The summed E-state index contributed by atoms with van der Waals surface area (Å²) in [5.41, 5.74) is 0.584. The number of urea groups is 1. The van der Waals surface area contributed by atoms with Crippen molar-refractivity contribution in [3.8, 4) is 0 Å². The zero-order valence-electron chi connectivity index (χ0n) is 10.5. The van der Waals surface area contributed by atoms with Gasteiger partial charge in [0.25, 0.3) is 0 Å². The number of amides is 2. The van der Waals surface area contributed by atoms with Crippen LogP contribution < -0.4 is 5.32 Å². The highest BCUT2D eigenvalue weighted by molar-refractivity contribution is 5.88. The van der Waals surface area contributed by atoms with Crippen molar-refractivity contribution in [3.05, 3.63) is 18.2 Å². The number of anilines is 1. The van der Waals surface area contributed by atoms with E-state index >= 15 is 0 Å². The summed E-state index contributed by atoms with van der Waals surface area (Å²) in [4.78, 5) is 21.8. The first-order valence-electron chi connectivity index (χ1n) is 6.23. The lowest BCUT2D eigenvalue weighted by molar-refractivity contribution is 0.192. The number of nitrogens with zero attached hydrogens (tertiary/aromatic N) is 3. The smallest absolute Gasteiger partial charge is 0.322 e. The molecule has 1 aromatic heterocycles. The van der Waals surface area contributed by atoms with Crippen LogP contribution in [0.2, 0.25) is 0 Å². The minimum atomic E-state index is -0.241. The maximum atomic E-state index is 11.8. The van der Waals surface area contributed by atoms with Gasteiger partial charge in [-0.1, -0.05) is 0 Å². The van der Waals surface area contributed by atoms with Crippen LogP contribution in [0.1, 0.15) is 31.5 Å². The number of aliphatic hydroxyl groups excluding tert-OH is 1. The summed E-state index contributed by atoms with van der Waals surface area (Å²) in [6.07, 6.45) is 5.58. The van der Waals surface area contributed by atoms with Gasteiger partial charge in [-0.2, -0.15) is 0 Å². The van der Waals surface area contributed by atoms with Gasteiger partial charge in [0.05, 0.1) is 24.7 Å². The topological polar surface area (TPSA) is 78.4 Å². The fraction of sp³-hybridized carbons (Fsp3) is 0.583. The lowest BCUT2D eigenvalue weighted by atomic mass is 10.4. The lowest BCUT2D eigenvalue weighted by Gasteiger charge is -2.19. The van der Waals surface area contributed by atoms with Crippen LogP contribution in [0.25, 0.3) is 0 Å². The summed E-state index contributed by atoms with van der Waals surface area (Å²) in [6, 6.07) is -0.241. The van der Waals surface area contributed by atoms with Gasteiger partial charge in [0.2, 0.25) is 0 Å².